The highest BCUT2D eigenvalue weighted by molar-refractivity contribution is 5.23. The second-order valence-electron chi connectivity index (χ2n) is 6.18. The first kappa shape index (κ1) is 14.3. The lowest BCUT2D eigenvalue weighted by atomic mass is 9.96. The highest BCUT2D eigenvalue weighted by Crippen LogP contribution is 2.28. The molecule has 4 nitrogen and oxygen atoms in total. The first-order chi connectivity index (χ1) is 10.2. The normalized spacial score (nSPS) is 17.2. The number of benzene rings is 1. The van der Waals surface area contributed by atoms with Crippen molar-refractivity contribution in [3.63, 3.8) is 0 Å². The Morgan fingerprint density at radius 2 is 1.95 bits per heavy atom. The molecule has 1 aromatic carbocycles. The van der Waals surface area contributed by atoms with E-state index in [0.29, 0.717) is 24.7 Å². The number of hydrogen-bond acceptors (Lipinski definition) is 4. The van der Waals surface area contributed by atoms with Crippen LogP contribution in [-0.4, -0.2) is 16.2 Å². The molecule has 1 atom stereocenters. The summed E-state index contributed by atoms with van der Waals surface area (Å²) in [6.45, 7) is 2.08. The summed E-state index contributed by atoms with van der Waals surface area (Å²) in [5.41, 5.74) is 8.72. The fourth-order valence-corrected chi connectivity index (χ4v) is 3.09. The predicted octanol–water partition coefficient (Wildman–Crippen LogP) is 3.03. The van der Waals surface area contributed by atoms with Crippen molar-refractivity contribution in [3.05, 3.63) is 47.1 Å². The zero-order valence-electron chi connectivity index (χ0n) is 12.6. The zero-order valence-corrected chi connectivity index (χ0v) is 12.6. The second kappa shape index (κ2) is 6.39. The van der Waals surface area contributed by atoms with Crippen LogP contribution in [0.1, 0.15) is 48.5 Å². The SMILES string of the molecule is Cc1ccc(Cc2noc(CC(N)C3CCCC3)n2)cc1. The van der Waals surface area contributed by atoms with Crippen LogP contribution in [0.5, 0.6) is 0 Å². The van der Waals surface area contributed by atoms with Crippen molar-refractivity contribution < 1.29 is 4.52 Å². The third-order valence-electron chi connectivity index (χ3n) is 4.41. The number of aromatic nitrogens is 2. The minimum absolute atomic E-state index is 0.153. The van der Waals surface area contributed by atoms with E-state index in [1.165, 1.54) is 36.8 Å². The van der Waals surface area contributed by atoms with Gasteiger partial charge in [0.15, 0.2) is 5.82 Å². The van der Waals surface area contributed by atoms with Crippen molar-refractivity contribution >= 4 is 0 Å². The molecule has 0 bridgehead atoms. The van der Waals surface area contributed by atoms with Crippen LogP contribution in [0.2, 0.25) is 0 Å². The molecule has 3 rings (SSSR count). The Hall–Kier alpha value is -1.68. The molecule has 0 spiro atoms. The number of aryl methyl sites for hydroxylation is 1. The average molecular weight is 285 g/mol. The maximum atomic E-state index is 6.26. The van der Waals surface area contributed by atoms with Crippen molar-refractivity contribution in [2.24, 2.45) is 11.7 Å². The van der Waals surface area contributed by atoms with Crippen LogP contribution in [0.25, 0.3) is 0 Å². The minimum Gasteiger partial charge on any atom is -0.339 e. The van der Waals surface area contributed by atoms with Gasteiger partial charge in [-0.25, -0.2) is 0 Å². The van der Waals surface area contributed by atoms with Gasteiger partial charge in [0.05, 0.1) is 0 Å². The van der Waals surface area contributed by atoms with E-state index in [4.69, 9.17) is 10.3 Å². The van der Waals surface area contributed by atoms with E-state index in [0.717, 1.165) is 5.82 Å². The minimum atomic E-state index is 0.153. The van der Waals surface area contributed by atoms with Gasteiger partial charge in [-0.05, 0) is 31.2 Å². The van der Waals surface area contributed by atoms with Gasteiger partial charge in [-0.2, -0.15) is 4.98 Å². The van der Waals surface area contributed by atoms with Crippen molar-refractivity contribution in [2.75, 3.05) is 0 Å². The molecule has 21 heavy (non-hydrogen) atoms. The Bertz CT molecular complexity index is 570. The van der Waals surface area contributed by atoms with Gasteiger partial charge in [-0.15, -0.1) is 0 Å². The van der Waals surface area contributed by atoms with Gasteiger partial charge in [-0.1, -0.05) is 47.8 Å². The van der Waals surface area contributed by atoms with Crippen LogP contribution in [0.4, 0.5) is 0 Å². The summed E-state index contributed by atoms with van der Waals surface area (Å²) in [6.07, 6.45) is 6.51. The van der Waals surface area contributed by atoms with Crippen molar-refractivity contribution in [3.8, 4) is 0 Å². The molecule has 0 saturated heterocycles. The number of nitrogens with two attached hydrogens (primary N) is 1. The van der Waals surface area contributed by atoms with Crippen LogP contribution >= 0.6 is 0 Å². The van der Waals surface area contributed by atoms with E-state index in [1.807, 2.05) is 0 Å². The molecule has 112 valence electrons. The number of rotatable bonds is 5. The van der Waals surface area contributed by atoms with E-state index in [1.54, 1.807) is 0 Å². The van der Waals surface area contributed by atoms with E-state index in [2.05, 4.69) is 41.3 Å². The molecule has 0 radical (unpaired) electrons. The summed E-state index contributed by atoms with van der Waals surface area (Å²) in [5, 5.41) is 4.07. The standard InChI is InChI=1S/C17H23N3O/c1-12-6-8-13(9-7-12)10-16-19-17(21-20-16)11-15(18)14-4-2-3-5-14/h6-9,14-15H,2-5,10-11,18H2,1H3. The highest BCUT2D eigenvalue weighted by atomic mass is 16.5. The molecule has 1 heterocycles. The summed E-state index contributed by atoms with van der Waals surface area (Å²) < 4.78 is 5.35. The summed E-state index contributed by atoms with van der Waals surface area (Å²) in [7, 11) is 0. The third-order valence-corrected chi connectivity index (χ3v) is 4.41. The summed E-state index contributed by atoms with van der Waals surface area (Å²) in [6, 6.07) is 8.57. The molecule has 1 unspecified atom stereocenters. The van der Waals surface area contributed by atoms with E-state index in [9.17, 15) is 0 Å². The summed E-state index contributed by atoms with van der Waals surface area (Å²) in [5.74, 6) is 2.04. The van der Waals surface area contributed by atoms with Gasteiger partial charge in [-0.3, -0.25) is 0 Å². The number of nitrogens with zero attached hydrogens (tertiary/aromatic N) is 2. The molecule has 2 aromatic rings. The Labute approximate surface area is 125 Å². The van der Waals surface area contributed by atoms with Gasteiger partial charge in [0, 0.05) is 18.9 Å². The molecule has 4 heteroatoms. The molecule has 0 aliphatic heterocycles. The molecule has 1 aromatic heterocycles. The number of hydrogen-bond donors (Lipinski definition) is 1. The zero-order chi connectivity index (χ0) is 14.7. The lowest BCUT2D eigenvalue weighted by molar-refractivity contribution is 0.339. The van der Waals surface area contributed by atoms with Crippen LogP contribution in [0.3, 0.4) is 0 Å². The molecule has 2 N–H and O–H groups in total. The van der Waals surface area contributed by atoms with Crippen LogP contribution in [-0.2, 0) is 12.8 Å². The van der Waals surface area contributed by atoms with Crippen LogP contribution in [0, 0.1) is 12.8 Å². The van der Waals surface area contributed by atoms with E-state index in [-0.39, 0.29) is 6.04 Å². The van der Waals surface area contributed by atoms with Gasteiger partial charge in [0.1, 0.15) is 0 Å². The largest absolute Gasteiger partial charge is 0.339 e. The van der Waals surface area contributed by atoms with Gasteiger partial charge in [0.25, 0.3) is 0 Å². The van der Waals surface area contributed by atoms with Crippen LogP contribution < -0.4 is 5.73 Å². The first-order valence-corrected chi connectivity index (χ1v) is 7.83. The average Bonchev–Trinajstić information content (AvgIpc) is 3.13. The highest BCUT2D eigenvalue weighted by Gasteiger charge is 2.23. The summed E-state index contributed by atoms with van der Waals surface area (Å²) in [4.78, 5) is 4.48. The second-order valence-corrected chi connectivity index (χ2v) is 6.18. The lowest BCUT2D eigenvalue weighted by Crippen LogP contribution is -2.30. The first-order valence-electron chi connectivity index (χ1n) is 7.83. The molecule has 1 saturated carbocycles. The monoisotopic (exact) mass is 285 g/mol. The maximum Gasteiger partial charge on any atom is 0.228 e. The van der Waals surface area contributed by atoms with Crippen LogP contribution in [0.15, 0.2) is 28.8 Å². The Morgan fingerprint density at radius 3 is 2.67 bits per heavy atom. The van der Waals surface area contributed by atoms with Gasteiger partial charge < -0.3 is 10.3 Å². The molecule has 1 aliphatic carbocycles. The predicted molar refractivity (Wildman–Crippen MR) is 81.9 cm³/mol. The van der Waals surface area contributed by atoms with Crippen molar-refractivity contribution in [1.82, 2.24) is 10.1 Å². The van der Waals surface area contributed by atoms with Crippen molar-refractivity contribution in [2.45, 2.75) is 51.5 Å². The topological polar surface area (TPSA) is 64.9 Å². The van der Waals surface area contributed by atoms with Gasteiger partial charge >= 0.3 is 0 Å². The molecule has 1 fully saturated rings. The van der Waals surface area contributed by atoms with E-state index >= 15 is 0 Å². The third kappa shape index (κ3) is 3.70. The Morgan fingerprint density at radius 1 is 1.24 bits per heavy atom. The quantitative estimate of drug-likeness (QED) is 0.917. The lowest BCUT2D eigenvalue weighted by Gasteiger charge is -2.16. The maximum absolute atomic E-state index is 6.26. The fourth-order valence-electron chi connectivity index (χ4n) is 3.09. The molecular formula is C17H23N3O. The Balaban J connectivity index is 1.59. The molecule has 0 amide bonds. The van der Waals surface area contributed by atoms with E-state index < -0.39 is 0 Å². The molecular weight excluding hydrogens is 262 g/mol. The van der Waals surface area contributed by atoms with Crippen molar-refractivity contribution in [1.29, 1.82) is 0 Å². The summed E-state index contributed by atoms with van der Waals surface area (Å²) >= 11 is 0. The smallest absolute Gasteiger partial charge is 0.228 e. The Kier molecular flexibility index (Phi) is 4.34. The fraction of sp³-hybridized carbons (Fsp3) is 0.529. The molecule has 1 aliphatic rings. The van der Waals surface area contributed by atoms with Gasteiger partial charge in [0.2, 0.25) is 5.89 Å².